The Hall–Kier alpha value is -3.57. The van der Waals surface area contributed by atoms with Gasteiger partial charge in [-0.2, -0.15) is 13.2 Å². The molecule has 0 bridgehead atoms. The van der Waals surface area contributed by atoms with Crippen LogP contribution in [0.5, 0.6) is 5.88 Å². The highest BCUT2D eigenvalue weighted by Crippen LogP contribution is 2.31. The van der Waals surface area contributed by atoms with Crippen LogP contribution in [0.2, 0.25) is 5.02 Å². The average Bonchev–Trinajstić information content (AvgIpc) is 3.02. The molecule has 0 unspecified atom stereocenters. The van der Waals surface area contributed by atoms with E-state index in [0.29, 0.717) is 21.8 Å². The summed E-state index contributed by atoms with van der Waals surface area (Å²) in [6, 6.07) is 14.1. The highest BCUT2D eigenvalue weighted by Gasteiger charge is 2.46. The number of nitrogens with zero attached hydrogens (tertiary/aromatic N) is 3. The zero-order valence-electron chi connectivity index (χ0n) is 18.0. The van der Waals surface area contributed by atoms with Gasteiger partial charge >= 0.3 is 11.2 Å². The predicted octanol–water partition coefficient (Wildman–Crippen LogP) is 4.71. The summed E-state index contributed by atoms with van der Waals surface area (Å²) in [6.45, 7) is 1.57. The first kappa shape index (κ1) is 24.6. The minimum absolute atomic E-state index is 0.00181. The molecule has 2 aromatic carbocycles. The Morgan fingerprint density at radius 3 is 2.34 bits per heavy atom. The number of aromatic nitrogens is 3. The van der Waals surface area contributed by atoms with Crippen LogP contribution < -0.4 is 5.69 Å². The fourth-order valence-corrected chi connectivity index (χ4v) is 4.53. The fraction of sp³-hybridized carbons (Fsp3) is 0.130. The summed E-state index contributed by atoms with van der Waals surface area (Å²) in [4.78, 5) is 16.4. The first-order valence-electron chi connectivity index (χ1n) is 10.0. The van der Waals surface area contributed by atoms with Gasteiger partial charge in [0.25, 0.3) is 9.84 Å². The van der Waals surface area contributed by atoms with E-state index < -0.39 is 31.8 Å². The molecule has 0 spiro atoms. The number of benzene rings is 2. The van der Waals surface area contributed by atoms with Crippen molar-refractivity contribution in [1.29, 1.82) is 0 Å². The fourth-order valence-electron chi connectivity index (χ4n) is 3.54. The van der Waals surface area contributed by atoms with Crippen molar-refractivity contribution < 1.29 is 26.7 Å². The van der Waals surface area contributed by atoms with Gasteiger partial charge in [-0.1, -0.05) is 29.8 Å². The Labute approximate surface area is 202 Å². The molecule has 1 N–H and O–H groups in total. The summed E-state index contributed by atoms with van der Waals surface area (Å²) in [5.74, 6) is -0.429. The van der Waals surface area contributed by atoms with Crippen LogP contribution in [-0.4, -0.2) is 33.2 Å². The molecule has 35 heavy (non-hydrogen) atoms. The first-order valence-corrected chi connectivity index (χ1v) is 11.9. The molecule has 182 valence electrons. The second kappa shape index (κ2) is 8.90. The maximum atomic E-state index is 13.1. The maximum absolute atomic E-state index is 13.1. The van der Waals surface area contributed by atoms with Gasteiger partial charge in [0.05, 0.1) is 28.5 Å². The third-order valence-electron chi connectivity index (χ3n) is 5.39. The summed E-state index contributed by atoms with van der Waals surface area (Å²) in [5.41, 5.74) is -3.94. The molecule has 4 aromatic rings. The van der Waals surface area contributed by atoms with Crippen molar-refractivity contribution in [2.75, 3.05) is 0 Å². The Kier molecular flexibility index (Phi) is 6.24. The van der Waals surface area contributed by atoms with E-state index in [1.165, 1.54) is 11.5 Å². The van der Waals surface area contributed by atoms with E-state index in [4.69, 9.17) is 11.6 Å². The average molecular weight is 524 g/mol. The SMILES string of the molecule is Cc1c(O)n(-c2ccc(S(=O)(=O)C(F)(F)F)cc2)c(=O)n1Cc1ccnc(-c2ccccc2Cl)c1. The highest BCUT2D eigenvalue weighted by molar-refractivity contribution is 7.92. The molecule has 0 saturated heterocycles. The largest absolute Gasteiger partial charge is 0.501 e. The van der Waals surface area contributed by atoms with Crippen LogP contribution in [0, 0.1) is 6.92 Å². The van der Waals surface area contributed by atoms with E-state index >= 15 is 0 Å². The zero-order valence-corrected chi connectivity index (χ0v) is 19.6. The molecule has 0 aliphatic rings. The van der Waals surface area contributed by atoms with Crippen molar-refractivity contribution in [3.63, 3.8) is 0 Å². The van der Waals surface area contributed by atoms with Gasteiger partial charge in [-0.15, -0.1) is 0 Å². The zero-order chi connectivity index (χ0) is 25.5. The third kappa shape index (κ3) is 4.44. The number of imidazole rings is 1. The summed E-state index contributed by atoms with van der Waals surface area (Å²) in [5, 5.41) is 11.1. The third-order valence-corrected chi connectivity index (χ3v) is 7.22. The van der Waals surface area contributed by atoms with Gasteiger partial charge < -0.3 is 5.11 Å². The lowest BCUT2D eigenvalue weighted by Gasteiger charge is -2.09. The lowest BCUT2D eigenvalue weighted by molar-refractivity contribution is -0.0436. The molecule has 0 aliphatic heterocycles. The molecule has 2 heterocycles. The molecule has 0 fully saturated rings. The quantitative estimate of drug-likeness (QED) is 0.409. The molecule has 0 saturated carbocycles. The highest BCUT2D eigenvalue weighted by atomic mass is 35.5. The molecule has 2 aromatic heterocycles. The van der Waals surface area contributed by atoms with Crippen LogP contribution in [0.4, 0.5) is 13.2 Å². The van der Waals surface area contributed by atoms with Crippen LogP contribution in [0.15, 0.2) is 76.6 Å². The molecular formula is C23H17ClF3N3O4S. The Balaban J connectivity index is 1.70. The van der Waals surface area contributed by atoms with E-state index in [1.807, 2.05) is 6.07 Å². The number of hydrogen-bond donors (Lipinski definition) is 1. The topological polar surface area (TPSA) is 94.2 Å². The standard InChI is InChI=1S/C23H17ClF3N3O4S/c1-14-21(31)30(16-6-8-17(9-7-16)35(33,34)23(25,26)27)22(32)29(14)13-15-10-11-28-20(12-15)18-4-2-3-5-19(18)24/h2-12,31H,13H2,1H3. The van der Waals surface area contributed by atoms with Crippen LogP contribution in [0.1, 0.15) is 11.3 Å². The van der Waals surface area contributed by atoms with E-state index in [2.05, 4.69) is 4.98 Å². The van der Waals surface area contributed by atoms with Gasteiger partial charge in [-0.3, -0.25) is 9.55 Å². The second-order valence-electron chi connectivity index (χ2n) is 7.59. The number of pyridine rings is 1. The van der Waals surface area contributed by atoms with Gasteiger partial charge in [0, 0.05) is 16.8 Å². The lowest BCUT2D eigenvalue weighted by Crippen LogP contribution is -2.25. The number of aromatic hydroxyl groups is 1. The Morgan fingerprint density at radius 1 is 1.06 bits per heavy atom. The van der Waals surface area contributed by atoms with E-state index in [-0.39, 0.29) is 17.9 Å². The Morgan fingerprint density at radius 2 is 1.71 bits per heavy atom. The van der Waals surface area contributed by atoms with Crippen molar-refractivity contribution in [3.8, 4) is 22.8 Å². The minimum atomic E-state index is -5.54. The first-order chi connectivity index (χ1) is 16.4. The maximum Gasteiger partial charge on any atom is 0.501 e. The van der Waals surface area contributed by atoms with Crippen molar-refractivity contribution in [3.05, 3.63) is 93.6 Å². The van der Waals surface area contributed by atoms with Crippen LogP contribution in [0.25, 0.3) is 16.9 Å². The van der Waals surface area contributed by atoms with Gasteiger partial charge in [0.15, 0.2) is 0 Å². The lowest BCUT2D eigenvalue weighted by atomic mass is 10.1. The van der Waals surface area contributed by atoms with Gasteiger partial charge in [0.1, 0.15) is 0 Å². The smallest absolute Gasteiger partial charge is 0.493 e. The summed E-state index contributed by atoms with van der Waals surface area (Å²) >= 11 is 6.25. The number of halogens is 4. The summed E-state index contributed by atoms with van der Waals surface area (Å²) in [7, 11) is -5.54. The van der Waals surface area contributed by atoms with Crippen molar-refractivity contribution in [2.45, 2.75) is 23.9 Å². The molecule has 0 radical (unpaired) electrons. The van der Waals surface area contributed by atoms with Crippen LogP contribution in [-0.2, 0) is 16.4 Å². The van der Waals surface area contributed by atoms with E-state index in [0.717, 1.165) is 28.8 Å². The monoisotopic (exact) mass is 523 g/mol. The molecule has 12 heteroatoms. The minimum Gasteiger partial charge on any atom is -0.493 e. The van der Waals surface area contributed by atoms with Gasteiger partial charge in [0.2, 0.25) is 5.88 Å². The predicted molar refractivity (Wildman–Crippen MR) is 123 cm³/mol. The number of sulfone groups is 1. The normalized spacial score (nSPS) is 12.1. The van der Waals surface area contributed by atoms with Gasteiger partial charge in [-0.25, -0.2) is 17.8 Å². The molecule has 7 nitrogen and oxygen atoms in total. The molecule has 0 aliphatic carbocycles. The second-order valence-corrected chi connectivity index (χ2v) is 9.93. The van der Waals surface area contributed by atoms with Crippen LogP contribution in [0.3, 0.4) is 0 Å². The van der Waals surface area contributed by atoms with Crippen molar-refractivity contribution in [1.82, 2.24) is 14.1 Å². The van der Waals surface area contributed by atoms with Crippen molar-refractivity contribution >= 4 is 21.4 Å². The molecule has 4 rings (SSSR count). The van der Waals surface area contributed by atoms with Crippen LogP contribution >= 0.6 is 11.6 Å². The number of hydrogen-bond acceptors (Lipinski definition) is 5. The van der Waals surface area contributed by atoms with Crippen molar-refractivity contribution in [2.24, 2.45) is 0 Å². The number of rotatable bonds is 5. The van der Waals surface area contributed by atoms with E-state index in [1.54, 1.807) is 36.5 Å². The number of alkyl halides is 3. The molecule has 0 amide bonds. The summed E-state index contributed by atoms with van der Waals surface area (Å²) in [6.07, 6.45) is 1.56. The molecule has 0 atom stereocenters. The molecular weight excluding hydrogens is 507 g/mol. The summed E-state index contributed by atoms with van der Waals surface area (Å²) < 4.78 is 63.7. The van der Waals surface area contributed by atoms with Gasteiger partial charge in [-0.05, 0) is 55.0 Å². The van der Waals surface area contributed by atoms with E-state index in [9.17, 15) is 31.5 Å². The Bertz CT molecular complexity index is 1580.